The van der Waals surface area contributed by atoms with Crippen molar-refractivity contribution in [2.24, 2.45) is 0 Å². The van der Waals surface area contributed by atoms with E-state index in [0.717, 1.165) is 24.5 Å². The van der Waals surface area contributed by atoms with Gasteiger partial charge in [0.1, 0.15) is 12.1 Å². The van der Waals surface area contributed by atoms with E-state index < -0.39 is 0 Å². The zero-order valence-corrected chi connectivity index (χ0v) is 10.3. The quantitative estimate of drug-likeness (QED) is 0.882. The predicted octanol–water partition coefficient (Wildman–Crippen LogP) is 3.02. The summed E-state index contributed by atoms with van der Waals surface area (Å²) in [5.74, 6) is 0.902. The van der Waals surface area contributed by atoms with Crippen molar-refractivity contribution in [3.63, 3.8) is 0 Å². The summed E-state index contributed by atoms with van der Waals surface area (Å²) >= 11 is 1.77. The normalized spacial score (nSPS) is 10.4. The predicted molar refractivity (Wildman–Crippen MR) is 67.8 cm³/mol. The molecule has 0 aromatic carbocycles. The molecule has 0 atom stereocenters. The number of hydrogen-bond acceptors (Lipinski definition) is 4. The van der Waals surface area contributed by atoms with Gasteiger partial charge in [0.15, 0.2) is 0 Å². The van der Waals surface area contributed by atoms with Gasteiger partial charge < -0.3 is 5.32 Å². The van der Waals surface area contributed by atoms with Crippen LogP contribution < -0.4 is 5.32 Å². The maximum Gasteiger partial charge on any atom is 0.129 e. The third-order valence-corrected chi connectivity index (χ3v) is 3.51. The second kappa shape index (κ2) is 5.07. The molecule has 84 valence electrons. The molecule has 0 aliphatic carbocycles. The molecule has 2 heterocycles. The Morgan fingerprint density at radius 3 is 2.94 bits per heavy atom. The van der Waals surface area contributed by atoms with Gasteiger partial charge in [-0.05, 0) is 30.4 Å². The largest absolute Gasteiger partial charge is 0.365 e. The van der Waals surface area contributed by atoms with Gasteiger partial charge in [-0.25, -0.2) is 9.97 Å². The molecule has 0 spiro atoms. The first kappa shape index (κ1) is 11.1. The van der Waals surface area contributed by atoms with Gasteiger partial charge >= 0.3 is 0 Å². The van der Waals surface area contributed by atoms with E-state index in [-0.39, 0.29) is 0 Å². The average molecular weight is 233 g/mol. The van der Waals surface area contributed by atoms with Crippen LogP contribution in [0.5, 0.6) is 0 Å². The molecular weight excluding hydrogens is 218 g/mol. The fourth-order valence-electron chi connectivity index (χ4n) is 1.44. The van der Waals surface area contributed by atoms with Gasteiger partial charge in [0.05, 0.1) is 6.54 Å². The van der Waals surface area contributed by atoms with E-state index in [9.17, 15) is 0 Å². The first-order valence-electron chi connectivity index (χ1n) is 5.37. The summed E-state index contributed by atoms with van der Waals surface area (Å²) in [5, 5.41) is 5.44. The molecule has 2 aromatic rings. The van der Waals surface area contributed by atoms with Crippen molar-refractivity contribution in [1.29, 1.82) is 0 Å². The molecule has 0 aliphatic heterocycles. The second-order valence-corrected chi connectivity index (χ2v) is 4.63. The Kier molecular flexibility index (Phi) is 3.51. The minimum absolute atomic E-state index is 0.837. The molecule has 0 radical (unpaired) electrons. The Labute approximate surface area is 99.6 Å². The molecular formula is C12H15N3S. The number of aromatic nitrogens is 2. The lowest BCUT2D eigenvalue weighted by Crippen LogP contribution is -2.02. The van der Waals surface area contributed by atoms with E-state index in [0.29, 0.717) is 0 Å². The minimum Gasteiger partial charge on any atom is -0.365 e. The van der Waals surface area contributed by atoms with Gasteiger partial charge in [-0.1, -0.05) is 6.92 Å². The van der Waals surface area contributed by atoms with Gasteiger partial charge in [0, 0.05) is 16.6 Å². The maximum atomic E-state index is 4.20. The van der Waals surface area contributed by atoms with Gasteiger partial charge in [-0.15, -0.1) is 11.3 Å². The Morgan fingerprint density at radius 2 is 2.25 bits per heavy atom. The summed E-state index contributed by atoms with van der Waals surface area (Å²) in [6.45, 7) is 5.06. The van der Waals surface area contributed by atoms with E-state index >= 15 is 0 Å². The lowest BCUT2D eigenvalue weighted by atomic mass is 10.3. The summed E-state index contributed by atoms with van der Waals surface area (Å²) < 4.78 is 0. The summed E-state index contributed by atoms with van der Waals surface area (Å²) in [7, 11) is 0. The zero-order valence-electron chi connectivity index (χ0n) is 9.53. The molecule has 16 heavy (non-hydrogen) atoms. The van der Waals surface area contributed by atoms with Crippen LogP contribution in [0, 0.1) is 6.92 Å². The molecule has 2 aromatic heterocycles. The summed E-state index contributed by atoms with van der Waals surface area (Å²) in [6, 6.07) is 4.14. The van der Waals surface area contributed by atoms with Crippen molar-refractivity contribution < 1.29 is 0 Å². The van der Waals surface area contributed by atoms with Crippen molar-refractivity contribution in [1.82, 2.24) is 9.97 Å². The van der Waals surface area contributed by atoms with E-state index in [1.165, 1.54) is 10.4 Å². The van der Waals surface area contributed by atoms with E-state index in [4.69, 9.17) is 0 Å². The van der Waals surface area contributed by atoms with Crippen molar-refractivity contribution >= 4 is 17.2 Å². The molecule has 4 heteroatoms. The third kappa shape index (κ3) is 2.58. The van der Waals surface area contributed by atoms with Crippen molar-refractivity contribution in [3.8, 4) is 0 Å². The van der Waals surface area contributed by atoms with Gasteiger partial charge in [0.2, 0.25) is 0 Å². The highest BCUT2D eigenvalue weighted by Gasteiger charge is 2.01. The molecule has 0 unspecified atom stereocenters. The van der Waals surface area contributed by atoms with Crippen LogP contribution in [-0.4, -0.2) is 9.97 Å². The smallest absolute Gasteiger partial charge is 0.129 e. The molecule has 0 bridgehead atoms. The minimum atomic E-state index is 0.837. The number of thiophene rings is 1. The first-order chi connectivity index (χ1) is 7.79. The van der Waals surface area contributed by atoms with Crippen LogP contribution in [-0.2, 0) is 13.0 Å². The zero-order chi connectivity index (χ0) is 11.4. The number of nitrogens with zero attached hydrogens (tertiary/aromatic N) is 2. The fourth-order valence-corrected chi connectivity index (χ4v) is 2.29. The number of aryl methyl sites for hydroxylation is 2. The summed E-state index contributed by atoms with van der Waals surface area (Å²) in [4.78, 5) is 9.73. The highest BCUT2D eigenvalue weighted by Crippen LogP contribution is 2.16. The Balaban J connectivity index is 2.02. The van der Waals surface area contributed by atoms with Crippen LogP contribution in [0.4, 0.5) is 5.82 Å². The lowest BCUT2D eigenvalue weighted by molar-refractivity contribution is 0.988. The number of nitrogens with one attached hydrogen (secondary N) is 1. The molecule has 1 N–H and O–H groups in total. The number of hydrogen-bond donors (Lipinski definition) is 1. The molecule has 0 saturated carbocycles. The van der Waals surface area contributed by atoms with Crippen molar-refractivity contribution in [3.05, 3.63) is 40.0 Å². The molecule has 0 aliphatic rings. The molecule has 2 rings (SSSR count). The summed E-state index contributed by atoms with van der Waals surface area (Å²) in [6.07, 6.45) is 2.55. The van der Waals surface area contributed by atoms with Crippen LogP contribution in [0.2, 0.25) is 0 Å². The first-order valence-corrected chi connectivity index (χ1v) is 6.25. The van der Waals surface area contributed by atoms with Gasteiger partial charge in [-0.3, -0.25) is 0 Å². The second-order valence-electron chi connectivity index (χ2n) is 3.63. The Hall–Kier alpha value is -1.42. The Bertz CT molecular complexity index is 465. The van der Waals surface area contributed by atoms with Gasteiger partial charge in [-0.2, -0.15) is 0 Å². The fraction of sp³-hybridized carbons (Fsp3) is 0.333. The van der Waals surface area contributed by atoms with Crippen molar-refractivity contribution in [2.45, 2.75) is 26.8 Å². The van der Waals surface area contributed by atoms with E-state index in [1.54, 1.807) is 17.7 Å². The third-order valence-electron chi connectivity index (χ3n) is 2.48. The van der Waals surface area contributed by atoms with Crippen LogP contribution in [0.25, 0.3) is 0 Å². The standard InChI is InChI=1S/C12H15N3S/c1-3-10-6-12(15-8-14-10)13-7-11-9(2)4-5-16-11/h4-6,8H,3,7H2,1-2H3,(H,13,14,15). The Morgan fingerprint density at radius 1 is 1.38 bits per heavy atom. The van der Waals surface area contributed by atoms with Gasteiger partial charge in [0.25, 0.3) is 0 Å². The topological polar surface area (TPSA) is 37.8 Å². The number of anilines is 1. The molecule has 0 amide bonds. The maximum absolute atomic E-state index is 4.20. The highest BCUT2D eigenvalue weighted by atomic mass is 32.1. The van der Waals surface area contributed by atoms with E-state index in [2.05, 4.69) is 40.6 Å². The monoisotopic (exact) mass is 233 g/mol. The van der Waals surface area contributed by atoms with E-state index in [1.807, 2.05) is 6.07 Å². The molecule has 0 fully saturated rings. The van der Waals surface area contributed by atoms with Crippen LogP contribution in [0.3, 0.4) is 0 Å². The van der Waals surface area contributed by atoms with Crippen LogP contribution in [0.1, 0.15) is 23.1 Å². The molecule has 3 nitrogen and oxygen atoms in total. The highest BCUT2D eigenvalue weighted by molar-refractivity contribution is 7.10. The summed E-state index contributed by atoms with van der Waals surface area (Å²) in [5.41, 5.74) is 2.41. The average Bonchev–Trinajstić information content (AvgIpc) is 2.72. The lowest BCUT2D eigenvalue weighted by Gasteiger charge is -2.05. The van der Waals surface area contributed by atoms with Crippen molar-refractivity contribution in [2.75, 3.05) is 5.32 Å². The number of rotatable bonds is 4. The SMILES string of the molecule is CCc1cc(NCc2sccc2C)ncn1. The molecule has 0 saturated heterocycles. The van der Waals surface area contributed by atoms with Crippen LogP contribution >= 0.6 is 11.3 Å². The van der Waals surface area contributed by atoms with Crippen LogP contribution in [0.15, 0.2) is 23.8 Å².